The lowest BCUT2D eigenvalue weighted by Gasteiger charge is -2.05. The van der Waals surface area contributed by atoms with E-state index in [1.54, 1.807) is 25.1 Å². The predicted molar refractivity (Wildman–Crippen MR) is 87.8 cm³/mol. The van der Waals surface area contributed by atoms with Crippen molar-refractivity contribution in [1.82, 2.24) is 9.40 Å². The quantitative estimate of drug-likeness (QED) is 0.528. The van der Waals surface area contributed by atoms with Crippen molar-refractivity contribution in [1.29, 1.82) is 0 Å². The summed E-state index contributed by atoms with van der Waals surface area (Å²) in [5.41, 5.74) is 1.55. The first-order valence-corrected chi connectivity index (χ1v) is 8.81. The zero-order valence-corrected chi connectivity index (χ0v) is 14.3. The van der Waals surface area contributed by atoms with E-state index in [2.05, 4.69) is 9.93 Å². The van der Waals surface area contributed by atoms with Crippen LogP contribution in [0.15, 0.2) is 40.3 Å². The summed E-state index contributed by atoms with van der Waals surface area (Å²) in [6, 6.07) is 8.12. The van der Waals surface area contributed by atoms with Crippen LogP contribution in [0.5, 0.6) is 0 Å². The van der Waals surface area contributed by atoms with E-state index in [0.29, 0.717) is 5.71 Å². The third-order valence-corrected chi connectivity index (χ3v) is 6.00. The fourth-order valence-corrected chi connectivity index (χ4v) is 3.88. The number of hydrazone groups is 1. The van der Waals surface area contributed by atoms with Crippen LogP contribution in [0.25, 0.3) is 0 Å². The third kappa shape index (κ3) is 3.39. The highest BCUT2D eigenvalue weighted by molar-refractivity contribution is 7.89. The smallest absolute Gasteiger partial charge is 0.276 e. The van der Waals surface area contributed by atoms with Crippen LogP contribution in [-0.4, -0.2) is 18.7 Å². The minimum absolute atomic E-state index is 0.180. The molecule has 0 unspecified atom stereocenters. The molecule has 1 heterocycles. The van der Waals surface area contributed by atoms with Crippen LogP contribution < -0.4 is 4.83 Å². The monoisotopic (exact) mass is 341 g/mol. The fourth-order valence-electron chi connectivity index (χ4n) is 1.69. The zero-order chi connectivity index (χ0) is 15.6. The highest BCUT2D eigenvalue weighted by atomic mass is 32.2. The van der Waals surface area contributed by atoms with Crippen molar-refractivity contribution in [3.8, 4) is 0 Å². The predicted octanol–water partition coefficient (Wildman–Crippen LogP) is 2.83. The van der Waals surface area contributed by atoms with Gasteiger partial charge in [0.05, 0.1) is 15.5 Å². The normalized spacial score (nSPS) is 12.4. The first-order valence-electron chi connectivity index (χ1n) is 6.11. The van der Waals surface area contributed by atoms with Gasteiger partial charge in [0.15, 0.2) is 3.95 Å². The Morgan fingerprint density at radius 1 is 1.33 bits per heavy atom. The number of benzene rings is 1. The molecule has 0 aliphatic rings. The van der Waals surface area contributed by atoms with Gasteiger partial charge in [0.25, 0.3) is 10.0 Å². The van der Waals surface area contributed by atoms with E-state index in [1.165, 1.54) is 23.5 Å². The molecular formula is C13H15N3O2S3. The summed E-state index contributed by atoms with van der Waals surface area (Å²) in [4.78, 5) is 3.31. The molecular weight excluding hydrogens is 326 g/mol. The Balaban J connectivity index is 2.29. The Bertz CT molecular complexity index is 833. The molecule has 0 radical (unpaired) electrons. The van der Waals surface area contributed by atoms with Gasteiger partial charge >= 0.3 is 0 Å². The van der Waals surface area contributed by atoms with E-state index < -0.39 is 10.0 Å². The van der Waals surface area contributed by atoms with Crippen molar-refractivity contribution in [2.24, 2.45) is 12.1 Å². The second-order valence-electron chi connectivity index (χ2n) is 4.45. The van der Waals surface area contributed by atoms with Gasteiger partial charge in [0.1, 0.15) is 0 Å². The Morgan fingerprint density at radius 3 is 2.48 bits per heavy atom. The van der Waals surface area contributed by atoms with Crippen molar-refractivity contribution in [3.63, 3.8) is 0 Å². The maximum Gasteiger partial charge on any atom is 0.276 e. The van der Waals surface area contributed by atoms with Gasteiger partial charge in [0, 0.05) is 12.7 Å². The van der Waals surface area contributed by atoms with Gasteiger partial charge in [-0.3, -0.25) is 0 Å². The highest BCUT2D eigenvalue weighted by Crippen LogP contribution is 2.18. The fraction of sp³-hybridized carbons (Fsp3) is 0.231. The molecule has 2 rings (SSSR count). The molecule has 0 amide bonds. The van der Waals surface area contributed by atoms with Gasteiger partial charge in [-0.25, -0.2) is 0 Å². The Kier molecular flexibility index (Phi) is 4.60. The average Bonchev–Trinajstić information content (AvgIpc) is 2.73. The van der Waals surface area contributed by atoms with E-state index in [-0.39, 0.29) is 4.90 Å². The van der Waals surface area contributed by atoms with Crippen LogP contribution in [0.3, 0.4) is 0 Å². The highest BCUT2D eigenvalue weighted by Gasteiger charge is 2.14. The number of hydrogen-bond acceptors (Lipinski definition) is 5. The molecule has 8 heteroatoms. The van der Waals surface area contributed by atoms with Crippen molar-refractivity contribution < 1.29 is 8.42 Å². The molecule has 5 nitrogen and oxygen atoms in total. The van der Waals surface area contributed by atoms with E-state index in [0.717, 1.165) is 14.5 Å². The van der Waals surface area contributed by atoms with Crippen LogP contribution in [0, 0.1) is 10.9 Å². The molecule has 21 heavy (non-hydrogen) atoms. The molecule has 0 aliphatic carbocycles. The van der Waals surface area contributed by atoms with Crippen molar-refractivity contribution in [2.45, 2.75) is 18.7 Å². The third-order valence-electron chi connectivity index (χ3n) is 3.01. The second-order valence-corrected chi connectivity index (χ2v) is 7.75. The van der Waals surface area contributed by atoms with Gasteiger partial charge in [0.2, 0.25) is 0 Å². The minimum atomic E-state index is -3.65. The topological polar surface area (TPSA) is 63.5 Å². The largest absolute Gasteiger partial charge is 0.330 e. The summed E-state index contributed by atoms with van der Waals surface area (Å²) in [5, 5.41) is 3.99. The standard InChI is InChI=1S/C13H15N3O2S3/c1-9(12-10(2)16(3)13(19)20-12)14-15-21(17,18)11-7-5-4-6-8-11/h4-8,15H,1-3H3. The van der Waals surface area contributed by atoms with Crippen molar-refractivity contribution in [3.05, 3.63) is 44.9 Å². The molecule has 0 fully saturated rings. The van der Waals surface area contributed by atoms with E-state index in [1.807, 2.05) is 18.5 Å². The van der Waals surface area contributed by atoms with Crippen LogP contribution in [0.2, 0.25) is 0 Å². The van der Waals surface area contributed by atoms with E-state index >= 15 is 0 Å². The number of rotatable bonds is 4. The SMILES string of the molecule is CC(=NNS(=O)(=O)c1ccccc1)c1sc(=S)n(C)c1C. The van der Waals surface area contributed by atoms with Crippen LogP contribution >= 0.6 is 23.6 Å². The first kappa shape index (κ1) is 15.9. The van der Waals surface area contributed by atoms with Crippen LogP contribution in [-0.2, 0) is 17.1 Å². The van der Waals surface area contributed by atoms with Crippen LogP contribution in [0.4, 0.5) is 0 Å². The molecule has 1 N–H and O–H groups in total. The molecule has 0 saturated carbocycles. The number of hydrogen-bond donors (Lipinski definition) is 1. The lowest BCUT2D eigenvalue weighted by molar-refractivity contribution is 0.584. The second kappa shape index (κ2) is 6.08. The Hall–Kier alpha value is -1.51. The summed E-state index contributed by atoms with van der Waals surface area (Å²) < 4.78 is 26.8. The molecule has 112 valence electrons. The lowest BCUT2D eigenvalue weighted by Crippen LogP contribution is -2.19. The van der Waals surface area contributed by atoms with Crippen molar-refractivity contribution >= 4 is 39.3 Å². The zero-order valence-electron chi connectivity index (χ0n) is 11.8. The van der Waals surface area contributed by atoms with E-state index in [4.69, 9.17) is 12.2 Å². The van der Waals surface area contributed by atoms with Gasteiger partial charge < -0.3 is 4.57 Å². The molecule has 0 aliphatic heterocycles. The minimum Gasteiger partial charge on any atom is -0.330 e. The van der Waals surface area contributed by atoms with E-state index in [9.17, 15) is 8.42 Å². The molecule has 0 saturated heterocycles. The van der Waals surface area contributed by atoms with Crippen LogP contribution in [0.1, 0.15) is 17.5 Å². The maximum atomic E-state index is 12.1. The van der Waals surface area contributed by atoms with Gasteiger partial charge in [-0.2, -0.15) is 18.4 Å². The number of nitrogens with zero attached hydrogens (tertiary/aromatic N) is 2. The summed E-state index contributed by atoms with van der Waals surface area (Å²) in [6.07, 6.45) is 0. The number of aromatic nitrogens is 1. The van der Waals surface area contributed by atoms with Gasteiger partial charge in [-0.05, 0) is 38.2 Å². The first-order chi connectivity index (χ1) is 9.83. The molecule has 2 aromatic rings. The summed E-state index contributed by atoms with van der Waals surface area (Å²) in [6.45, 7) is 3.67. The Labute approximate surface area is 133 Å². The summed E-state index contributed by atoms with van der Waals surface area (Å²) in [5.74, 6) is 0. The maximum absolute atomic E-state index is 12.1. The number of thiazole rings is 1. The number of sulfonamides is 1. The molecule has 0 atom stereocenters. The Morgan fingerprint density at radius 2 is 1.95 bits per heavy atom. The summed E-state index contributed by atoms with van der Waals surface area (Å²) in [7, 11) is -1.77. The molecule has 1 aromatic heterocycles. The molecule has 1 aromatic carbocycles. The summed E-state index contributed by atoms with van der Waals surface area (Å²) >= 11 is 6.61. The molecule has 0 spiro atoms. The average molecular weight is 341 g/mol. The van der Waals surface area contributed by atoms with Crippen molar-refractivity contribution in [2.75, 3.05) is 0 Å². The molecule has 0 bridgehead atoms. The van der Waals surface area contributed by atoms with Gasteiger partial charge in [-0.1, -0.05) is 18.2 Å². The van der Waals surface area contributed by atoms with Gasteiger partial charge in [-0.15, -0.1) is 11.3 Å². The number of nitrogens with one attached hydrogen (secondary N) is 1. The lowest BCUT2D eigenvalue weighted by atomic mass is 10.3.